The van der Waals surface area contributed by atoms with Crippen molar-refractivity contribution in [2.75, 3.05) is 26.2 Å². The van der Waals surface area contributed by atoms with Crippen LogP contribution in [0.3, 0.4) is 0 Å². The average Bonchev–Trinajstić information content (AvgIpc) is 3.61. The molecule has 2 bridgehead atoms. The summed E-state index contributed by atoms with van der Waals surface area (Å²) < 4.78 is 7.74. The van der Waals surface area contributed by atoms with Crippen LogP contribution in [0.5, 0.6) is 5.75 Å². The molecule has 202 valence electrons. The summed E-state index contributed by atoms with van der Waals surface area (Å²) in [5, 5.41) is 12.8. The van der Waals surface area contributed by atoms with Crippen molar-refractivity contribution in [3.05, 3.63) is 82.6 Å². The highest BCUT2D eigenvalue weighted by molar-refractivity contribution is 7.07. The van der Waals surface area contributed by atoms with Gasteiger partial charge in [-0.05, 0) is 31.5 Å². The molecule has 2 amide bonds. The second-order valence-electron chi connectivity index (χ2n) is 9.35. The molecule has 0 saturated heterocycles. The number of nitrogens with one attached hydrogen (secondary N) is 2. The Morgan fingerprint density at radius 1 is 1.08 bits per heavy atom. The third-order valence-corrected chi connectivity index (χ3v) is 6.97. The summed E-state index contributed by atoms with van der Waals surface area (Å²) >= 11 is 1.53. The van der Waals surface area contributed by atoms with E-state index in [-0.39, 0.29) is 24.4 Å². The number of hydrogen-bond acceptors (Lipinski definition) is 8. The molecule has 0 aliphatic carbocycles. The summed E-state index contributed by atoms with van der Waals surface area (Å²) in [7, 11) is 0. The van der Waals surface area contributed by atoms with Crippen LogP contribution in [0.15, 0.2) is 65.5 Å². The number of aromatic nitrogens is 4. The third kappa shape index (κ3) is 7.06. The van der Waals surface area contributed by atoms with Gasteiger partial charge in [0.1, 0.15) is 18.2 Å². The van der Waals surface area contributed by atoms with E-state index in [9.17, 15) is 9.59 Å². The van der Waals surface area contributed by atoms with Gasteiger partial charge in [0, 0.05) is 36.1 Å². The Kier molecular flexibility index (Phi) is 8.59. The van der Waals surface area contributed by atoms with Crippen LogP contribution in [-0.2, 0) is 17.9 Å². The summed E-state index contributed by atoms with van der Waals surface area (Å²) in [5.41, 5.74) is 4.13. The van der Waals surface area contributed by atoms with Gasteiger partial charge in [-0.1, -0.05) is 36.4 Å². The van der Waals surface area contributed by atoms with Gasteiger partial charge >= 0.3 is 0 Å². The van der Waals surface area contributed by atoms with E-state index in [0.29, 0.717) is 62.2 Å². The number of ether oxygens (including phenoxy) is 1. The first-order chi connectivity index (χ1) is 19.0. The fourth-order valence-electron chi connectivity index (χ4n) is 4.45. The number of nitrogens with zero attached hydrogens (tertiary/aromatic N) is 5. The predicted molar refractivity (Wildman–Crippen MR) is 148 cm³/mol. The monoisotopic (exact) mass is 545 g/mol. The van der Waals surface area contributed by atoms with Crippen molar-refractivity contribution >= 4 is 23.2 Å². The van der Waals surface area contributed by atoms with Gasteiger partial charge in [0.05, 0.1) is 30.3 Å². The largest absolute Gasteiger partial charge is 0.492 e. The summed E-state index contributed by atoms with van der Waals surface area (Å²) in [6.45, 7) is 4.50. The zero-order valence-corrected chi connectivity index (χ0v) is 22.6. The zero-order valence-electron chi connectivity index (χ0n) is 21.7. The van der Waals surface area contributed by atoms with Crippen LogP contribution < -0.4 is 15.4 Å². The predicted octanol–water partition coefficient (Wildman–Crippen LogP) is 3.29. The molecule has 1 atom stereocenters. The molecule has 11 heteroatoms. The summed E-state index contributed by atoms with van der Waals surface area (Å²) in [5.74, 6) is 1.55. The molecule has 0 spiro atoms. The number of amides is 2. The van der Waals surface area contributed by atoms with Gasteiger partial charge in [0.15, 0.2) is 5.82 Å². The first kappa shape index (κ1) is 26.5. The molecule has 4 aromatic rings. The maximum atomic E-state index is 13.2. The van der Waals surface area contributed by atoms with Crippen molar-refractivity contribution < 1.29 is 14.3 Å². The Balaban J connectivity index is 1.41. The van der Waals surface area contributed by atoms with Crippen molar-refractivity contribution in [2.24, 2.45) is 0 Å². The molecular weight excluding hydrogens is 514 g/mol. The van der Waals surface area contributed by atoms with E-state index in [0.717, 1.165) is 11.3 Å². The van der Waals surface area contributed by atoms with Crippen molar-refractivity contribution in [1.29, 1.82) is 0 Å². The van der Waals surface area contributed by atoms with E-state index >= 15 is 0 Å². The second-order valence-corrected chi connectivity index (χ2v) is 10.1. The van der Waals surface area contributed by atoms with Gasteiger partial charge in [-0.15, -0.1) is 11.3 Å². The molecular formula is C28H31N7O3S. The minimum Gasteiger partial charge on any atom is -0.492 e. The van der Waals surface area contributed by atoms with Crippen molar-refractivity contribution in [3.63, 3.8) is 0 Å². The number of fused-ring (bicyclic) bond motifs is 3. The van der Waals surface area contributed by atoms with Crippen molar-refractivity contribution in [2.45, 2.75) is 32.5 Å². The van der Waals surface area contributed by atoms with Crippen LogP contribution in [0.4, 0.5) is 0 Å². The van der Waals surface area contributed by atoms with Crippen LogP contribution >= 0.6 is 11.3 Å². The highest BCUT2D eigenvalue weighted by Gasteiger charge is 2.21. The average molecular weight is 546 g/mol. The Bertz CT molecular complexity index is 1390. The molecule has 39 heavy (non-hydrogen) atoms. The molecule has 0 radical (unpaired) electrons. The van der Waals surface area contributed by atoms with Gasteiger partial charge < -0.3 is 15.4 Å². The maximum Gasteiger partial charge on any atom is 0.251 e. The van der Waals surface area contributed by atoms with Crippen LogP contribution in [0.1, 0.15) is 41.3 Å². The lowest BCUT2D eigenvalue weighted by Crippen LogP contribution is -2.40. The quantitative estimate of drug-likeness (QED) is 0.406. The molecule has 1 aliphatic rings. The van der Waals surface area contributed by atoms with E-state index in [2.05, 4.69) is 15.6 Å². The van der Waals surface area contributed by atoms with E-state index < -0.39 is 0 Å². The van der Waals surface area contributed by atoms with Crippen LogP contribution in [0, 0.1) is 0 Å². The topological polar surface area (TPSA) is 114 Å². The summed E-state index contributed by atoms with van der Waals surface area (Å²) in [6, 6.07) is 16.5. The molecule has 10 nitrogen and oxygen atoms in total. The molecule has 2 N–H and O–H groups in total. The van der Waals surface area contributed by atoms with Gasteiger partial charge in [-0.2, -0.15) is 5.10 Å². The summed E-state index contributed by atoms with van der Waals surface area (Å²) in [4.78, 5) is 37.1. The number of carbonyl (C=O) groups excluding carboxylic acids is 2. The van der Waals surface area contributed by atoms with E-state index in [1.54, 1.807) is 22.3 Å². The fraction of sp³-hybridized carbons (Fsp3) is 0.321. The van der Waals surface area contributed by atoms with Gasteiger partial charge in [0.25, 0.3) is 5.91 Å². The van der Waals surface area contributed by atoms with E-state index in [1.165, 1.54) is 11.3 Å². The Labute approximate surface area is 231 Å². The van der Waals surface area contributed by atoms with Crippen LogP contribution in [0.25, 0.3) is 11.4 Å². The number of benzene rings is 2. The Morgan fingerprint density at radius 3 is 2.74 bits per heavy atom. The van der Waals surface area contributed by atoms with Gasteiger partial charge in [-0.25, -0.2) is 14.6 Å². The minimum absolute atomic E-state index is 0.120. The minimum atomic E-state index is -0.370. The number of thiazole rings is 1. The molecule has 0 unspecified atom stereocenters. The lowest BCUT2D eigenvalue weighted by molar-refractivity contribution is -0.123. The van der Waals surface area contributed by atoms with Crippen LogP contribution in [-0.4, -0.2) is 62.7 Å². The molecule has 5 rings (SSSR count). The lowest BCUT2D eigenvalue weighted by atomic mass is 10.2. The normalized spacial score (nSPS) is 17.7. The third-order valence-electron chi connectivity index (χ3n) is 6.34. The molecule has 3 heterocycles. The molecule has 0 saturated carbocycles. The molecule has 2 aromatic carbocycles. The van der Waals surface area contributed by atoms with Gasteiger partial charge in [0.2, 0.25) is 5.91 Å². The Hall–Kier alpha value is -4.09. The fourth-order valence-corrected chi connectivity index (χ4v) is 5.00. The molecule has 2 aromatic heterocycles. The van der Waals surface area contributed by atoms with Crippen molar-refractivity contribution in [1.82, 2.24) is 35.3 Å². The van der Waals surface area contributed by atoms with E-state index in [4.69, 9.17) is 14.8 Å². The van der Waals surface area contributed by atoms with Gasteiger partial charge in [-0.3, -0.25) is 14.5 Å². The lowest BCUT2D eigenvalue weighted by Gasteiger charge is -2.22. The van der Waals surface area contributed by atoms with Crippen molar-refractivity contribution in [3.8, 4) is 17.1 Å². The number of carbonyl (C=O) groups is 2. The second kappa shape index (κ2) is 12.6. The van der Waals surface area contributed by atoms with E-state index in [1.807, 2.05) is 59.7 Å². The first-order valence-corrected chi connectivity index (χ1v) is 13.9. The summed E-state index contributed by atoms with van der Waals surface area (Å²) in [6.07, 6.45) is 0.684. The molecule has 1 aliphatic heterocycles. The standard InChI is InChI=1S/C28H31N7O3S/c1-20-27-32-26(21-7-3-2-4-8-21)33-35(27)13-14-38-24-10-5-9-22(15-24)28(37)29-11-6-12-34(17-25(36)31-20)16-23-18-39-19-30-23/h2-5,7-10,15,18-20H,6,11-14,16-17H2,1H3,(H,29,37)(H,31,36)/t20-/m0/s1. The SMILES string of the molecule is C[C@@H]1NC(=O)CN(Cc2cscn2)CCCNC(=O)c2cccc(c2)OCCn2nc(-c3ccccc3)nc21. The Morgan fingerprint density at radius 2 is 1.92 bits per heavy atom. The number of hydrogen-bond donors (Lipinski definition) is 2. The highest BCUT2D eigenvalue weighted by atomic mass is 32.1. The maximum absolute atomic E-state index is 13.2. The zero-order chi connectivity index (χ0) is 27.0. The molecule has 0 fully saturated rings. The smallest absolute Gasteiger partial charge is 0.251 e. The number of rotatable bonds is 3. The highest BCUT2D eigenvalue weighted by Crippen LogP contribution is 2.20. The first-order valence-electron chi connectivity index (χ1n) is 12.9. The van der Waals surface area contributed by atoms with Crippen LogP contribution in [0.2, 0.25) is 0 Å².